The highest BCUT2D eigenvalue weighted by Gasteiger charge is 2.29. The van der Waals surface area contributed by atoms with Crippen LogP contribution in [-0.2, 0) is 4.79 Å². The number of hydrogen-bond acceptors (Lipinski definition) is 2. The number of alkyl halides is 3. The molecular formula is C27H20F6O2. The van der Waals surface area contributed by atoms with Crippen LogP contribution in [0.5, 0.6) is 5.75 Å². The van der Waals surface area contributed by atoms with Crippen molar-refractivity contribution >= 4 is 16.7 Å². The molecule has 0 saturated heterocycles. The SMILES string of the molecule is Cc1ccc(C2CCC(C(=O)Oc3cc(F)c4c(F)c(C#CC(F)(F)F)c(F)cc4c3)CC2)cc1. The summed E-state index contributed by atoms with van der Waals surface area (Å²) in [4.78, 5) is 12.7. The van der Waals surface area contributed by atoms with Gasteiger partial charge in [0.2, 0.25) is 0 Å². The Labute approximate surface area is 197 Å². The minimum Gasteiger partial charge on any atom is -0.426 e. The van der Waals surface area contributed by atoms with Crippen molar-refractivity contribution in [2.24, 2.45) is 5.92 Å². The number of aryl methyl sites for hydroxylation is 1. The van der Waals surface area contributed by atoms with E-state index in [4.69, 9.17) is 4.74 Å². The van der Waals surface area contributed by atoms with Crippen LogP contribution in [0.3, 0.4) is 0 Å². The fourth-order valence-electron chi connectivity index (χ4n) is 4.39. The lowest BCUT2D eigenvalue weighted by Crippen LogP contribution is -2.25. The van der Waals surface area contributed by atoms with Crippen molar-refractivity contribution in [3.8, 4) is 17.6 Å². The molecule has 0 spiro atoms. The molecule has 182 valence electrons. The van der Waals surface area contributed by atoms with Crippen LogP contribution in [-0.4, -0.2) is 12.1 Å². The first-order valence-electron chi connectivity index (χ1n) is 11.0. The molecular weight excluding hydrogens is 470 g/mol. The zero-order valence-corrected chi connectivity index (χ0v) is 18.6. The number of ether oxygens (including phenoxy) is 1. The lowest BCUT2D eigenvalue weighted by atomic mass is 9.78. The van der Waals surface area contributed by atoms with Gasteiger partial charge in [0.05, 0.1) is 16.9 Å². The second-order valence-electron chi connectivity index (χ2n) is 8.68. The third kappa shape index (κ3) is 5.61. The lowest BCUT2D eigenvalue weighted by molar-refractivity contribution is -0.140. The summed E-state index contributed by atoms with van der Waals surface area (Å²) in [6, 6.07) is 10.7. The van der Waals surface area contributed by atoms with E-state index in [1.807, 2.05) is 19.1 Å². The molecule has 3 aromatic rings. The molecule has 0 radical (unpaired) electrons. The van der Waals surface area contributed by atoms with Gasteiger partial charge in [-0.1, -0.05) is 35.7 Å². The molecule has 8 heteroatoms. The lowest BCUT2D eigenvalue weighted by Gasteiger charge is -2.27. The molecule has 2 nitrogen and oxygen atoms in total. The van der Waals surface area contributed by atoms with Crippen LogP contribution in [0.2, 0.25) is 0 Å². The van der Waals surface area contributed by atoms with E-state index in [0.717, 1.165) is 30.9 Å². The summed E-state index contributed by atoms with van der Waals surface area (Å²) in [6.45, 7) is 2.01. The third-order valence-corrected chi connectivity index (χ3v) is 6.21. The van der Waals surface area contributed by atoms with E-state index >= 15 is 0 Å². The number of fused-ring (bicyclic) bond motifs is 1. The monoisotopic (exact) mass is 490 g/mol. The van der Waals surface area contributed by atoms with E-state index < -0.39 is 46.5 Å². The Morgan fingerprint density at radius 1 is 0.943 bits per heavy atom. The molecule has 0 amide bonds. The van der Waals surface area contributed by atoms with Crippen molar-refractivity contribution in [1.29, 1.82) is 0 Å². The Kier molecular flexibility index (Phi) is 6.79. The molecule has 0 bridgehead atoms. The van der Waals surface area contributed by atoms with Crippen LogP contribution in [0.4, 0.5) is 26.3 Å². The first-order valence-corrected chi connectivity index (χ1v) is 11.0. The smallest absolute Gasteiger partial charge is 0.426 e. The minimum absolute atomic E-state index is 0.242. The van der Waals surface area contributed by atoms with E-state index in [2.05, 4.69) is 12.1 Å². The van der Waals surface area contributed by atoms with Gasteiger partial charge in [-0.15, -0.1) is 0 Å². The van der Waals surface area contributed by atoms with Crippen molar-refractivity contribution in [1.82, 2.24) is 0 Å². The van der Waals surface area contributed by atoms with Gasteiger partial charge in [-0.2, -0.15) is 13.2 Å². The largest absolute Gasteiger partial charge is 0.458 e. The van der Waals surface area contributed by atoms with Crippen LogP contribution >= 0.6 is 0 Å². The van der Waals surface area contributed by atoms with Crippen molar-refractivity contribution in [2.45, 2.75) is 44.7 Å². The quantitative estimate of drug-likeness (QED) is 0.166. The highest BCUT2D eigenvalue weighted by Crippen LogP contribution is 2.37. The molecule has 3 aromatic carbocycles. The fourth-order valence-corrected chi connectivity index (χ4v) is 4.39. The van der Waals surface area contributed by atoms with Crippen LogP contribution in [0, 0.1) is 42.1 Å². The Bertz CT molecular complexity index is 1320. The third-order valence-electron chi connectivity index (χ3n) is 6.21. The van der Waals surface area contributed by atoms with E-state index in [9.17, 15) is 31.1 Å². The van der Waals surface area contributed by atoms with Crippen LogP contribution in [0.1, 0.15) is 48.3 Å². The van der Waals surface area contributed by atoms with Gasteiger partial charge in [0, 0.05) is 12.0 Å². The number of rotatable bonds is 3. The second-order valence-corrected chi connectivity index (χ2v) is 8.68. The normalized spacial score (nSPS) is 18.1. The maximum Gasteiger partial charge on any atom is 0.458 e. The maximum absolute atomic E-state index is 14.6. The molecule has 1 aliphatic carbocycles. The Balaban J connectivity index is 1.50. The summed E-state index contributed by atoms with van der Waals surface area (Å²) in [7, 11) is 0. The molecule has 0 aliphatic heterocycles. The van der Waals surface area contributed by atoms with Gasteiger partial charge in [0.15, 0.2) is 5.82 Å². The van der Waals surface area contributed by atoms with E-state index in [1.54, 1.807) is 0 Å². The molecule has 1 fully saturated rings. The van der Waals surface area contributed by atoms with Gasteiger partial charge in [0.1, 0.15) is 17.4 Å². The molecule has 0 aromatic heterocycles. The molecule has 1 aliphatic rings. The first-order chi connectivity index (χ1) is 16.5. The highest BCUT2D eigenvalue weighted by atomic mass is 19.4. The Morgan fingerprint density at radius 3 is 2.23 bits per heavy atom. The first kappa shape index (κ1) is 24.6. The number of hydrogen-bond donors (Lipinski definition) is 0. The fraction of sp³-hybridized carbons (Fsp3) is 0.296. The summed E-state index contributed by atoms with van der Waals surface area (Å²) in [5, 5.41) is -1.04. The number of carbonyl (C=O) groups excluding carboxylic acids is 1. The average molecular weight is 490 g/mol. The highest BCUT2D eigenvalue weighted by molar-refractivity contribution is 5.87. The minimum atomic E-state index is -4.97. The second kappa shape index (κ2) is 9.65. The van der Waals surface area contributed by atoms with E-state index in [-0.39, 0.29) is 11.1 Å². The van der Waals surface area contributed by atoms with Crippen molar-refractivity contribution in [2.75, 3.05) is 0 Å². The standard InChI is InChI=1S/C27H20F6O2/c1-15-2-4-16(5-3-15)17-6-8-18(9-7-17)26(34)35-20-12-19-13-22(28)21(10-11-27(31,32)33)25(30)24(19)23(29)14-20/h2-5,12-14,17-18H,6-9H2,1H3. The molecule has 0 heterocycles. The van der Waals surface area contributed by atoms with Crippen LogP contribution < -0.4 is 4.74 Å². The van der Waals surface area contributed by atoms with Gasteiger partial charge in [-0.05, 0) is 61.6 Å². The molecule has 0 atom stereocenters. The summed E-state index contributed by atoms with van der Waals surface area (Å²) in [5.41, 5.74) is 1.19. The van der Waals surface area contributed by atoms with Gasteiger partial charge >= 0.3 is 12.1 Å². The number of benzene rings is 3. The summed E-state index contributed by atoms with van der Waals surface area (Å²) < 4.78 is 85.7. The van der Waals surface area contributed by atoms with Gasteiger partial charge < -0.3 is 4.74 Å². The topological polar surface area (TPSA) is 26.3 Å². The molecule has 0 unspecified atom stereocenters. The van der Waals surface area contributed by atoms with Gasteiger partial charge in [-0.3, -0.25) is 4.79 Å². The number of esters is 1. The number of carbonyl (C=O) groups is 1. The zero-order valence-electron chi connectivity index (χ0n) is 18.6. The molecule has 35 heavy (non-hydrogen) atoms. The summed E-state index contributed by atoms with van der Waals surface area (Å²) in [5.74, 6) is -2.88. The van der Waals surface area contributed by atoms with Crippen LogP contribution in [0.25, 0.3) is 10.8 Å². The molecule has 0 N–H and O–H groups in total. The Morgan fingerprint density at radius 2 is 1.60 bits per heavy atom. The Hall–Kier alpha value is -3.47. The number of halogens is 6. The van der Waals surface area contributed by atoms with Crippen molar-refractivity contribution in [3.63, 3.8) is 0 Å². The van der Waals surface area contributed by atoms with Gasteiger partial charge in [0.25, 0.3) is 0 Å². The summed E-state index contributed by atoms with van der Waals surface area (Å²) >= 11 is 0. The van der Waals surface area contributed by atoms with Crippen LogP contribution in [0.15, 0.2) is 42.5 Å². The predicted octanol–water partition coefficient (Wildman–Crippen LogP) is 7.36. The predicted molar refractivity (Wildman–Crippen MR) is 118 cm³/mol. The van der Waals surface area contributed by atoms with Crippen molar-refractivity contribution < 1.29 is 35.9 Å². The average Bonchev–Trinajstić information content (AvgIpc) is 2.78. The van der Waals surface area contributed by atoms with E-state index in [0.29, 0.717) is 24.8 Å². The summed E-state index contributed by atoms with van der Waals surface area (Å²) in [6.07, 6.45) is -2.24. The van der Waals surface area contributed by atoms with Crippen molar-refractivity contribution in [3.05, 3.63) is 76.6 Å². The maximum atomic E-state index is 14.6. The zero-order chi connectivity index (χ0) is 25.3. The molecule has 1 saturated carbocycles. The molecule has 4 rings (SSSR count). The van der Waals surface area contributed by atoms with E-state index in [1.165, 1.54) is 17.0 Å². The van der Waals surface area contributed by atoms with Gasteiger partial charge in [-0.25, -0.2) is 13.2 Å².